The summed E-state index contributed by atoms with van der Waals surface area (Å²) in [6.45, 7) is -0.0717. The predicted molar refractivity (Wildman–Crippen MR) is 40.2 cm³/mol. The average Bonchev–Trinajstić information content (AvgIpc) is 2.30. The number of esters is 2. The molecule has 0 bridgehead atoms. The van der Waals surface area contributed by atoms with Crippen LogP contribution in [0.2, 0.25) is 0 Å². The third kappa shape index (κ3) is 0.534. The van der Waals surface area contributed by atoms with Crippen LogP contribution in [0, 0.1) is 23.2 Å². The number of ether oxygens (including phenoxy) is 1. The van der Waals surface area contributed by atoms with Gasteiger partial charge >= 0.3 is 11.9 Å². The summed E-state index contributed by atoms with van der Waals surface area (Å²) in [4.78, 5) is 22.3. The molecule has 0 radical (unpaired) electrons. The van der Waals surface area contributed by atoms with Crippen LogP contribution in [0.5, 0.6) is 0 Å². The fraction of sp³-hybridized carbons (Fsp3) is 0.556. The van der Waals surface area contributed by atoms with Gasteiger partial charge in [-0.25, -0.2) is 0 Å². The molecular formula is C9H8O4. The SMILES string of the molecule is O=C1OC(=O)C2C1C1C=CC12CO. The summed E-state index contributed by atoms with van der Waals surface area (Å²) < 4.78 is 4.53. The third-order valence-electron chi connectivity index (χ3n) is 3.56. The van der Waals surface area contributed by atoms with Gasteiger partial charge in [-0.3, -0.25) is 9.59 Å². The first-order chi connectivity index (χ1) is 6.20. The molecule has 0 aromatic carbocycles. The van der Waals surface area contributed by atoms with Crippen molar-refractivity contribution < 1.29 is 19.4 Å². The van der Waals surface area contributed by atoms with Crippen molar-refractivity contribution in [2.24, 2.45) is 23.2 Å². The van der Waals surface area contributed by atoms with Crippen LogP contribution in [-0.4, -0.2) is 23.7 Å². The quantitative estimate of drug-likeness (QED) is 0.335. The lowest BCUT2D eigenvalue weighted by atomic mass is 9.42. The van der Waals surface area contributed by atoms with E-state index in [-0.39, 0.29) is 18.4 Å². The maximum absolute atomic E-state index is 11.2. The van der Waals surface area contributed by atoms with Crippen LogP contribution in [0.4, 0.5) is 0 Å². The summed E-state index contributed by atoms with van der Waals surface area (Å²) >= 11 is 0. The van der Waals surface area contributed by atoms with Crippen LogP contribution in [0.1, 0.15) is 0 Å². The van der Waals surface area contributed by atoms with Gasteiger partial charge in [0.1, 0.15) is 0 Å². The van der Waals surface area contributed by atoms with Gasteiger partial charge in [0, 0.05) is 11.3 Å². The van der Waals surface area contributed by atoms with Crippen LogP contribution in [-0.2, 0) is 14.3 Å². The number of aliphatic hydroxyl groups is 1. The highest BCUT2D eigenvalue weighted by Crippen LogP contribution is 2.65. The van der Waals surface area contributed by atoms with Gasteiger partial charge in [0.15, 0.2) is 0 Å². The second kappa shape index (κ2) is 1.85. The molecule has 1 heterocycles. The van der Waals surface area contributed by atoms with Crippen molar-refractivity contribution in [1.29, 1.82) is 0 Å². The summed E-state index contributed by atoms with van der Waals surface area (Å²) in [6, 6.07) is 0. The fourth-order valence-corrected chi connectivity index (χ4v) is 2.78. The third-order valence-corrected chi connectivity index (χ3v) is 3.56. The van der Waals surface area contributed by atoms with E-state index in [9.17, 15) is 9.59 Å². The first-order valence-electron chi connectivity index (χ1n) is 4.26. The Morgan fingerprint density at radius 3 is 2.77 bits per heavy atom. The molecule has 1 saturated carbocycles. The highest BCUT2D eigenvalue weighted by molar-refractivity contribution is 6.00. The van der Waals surface area contributed by atoms with E-state index < -0.39 is 23.3 Å². The highest BCUT2D eigenvalue weighted by atomic mass is 16.6. The zero-order valence-corrected chi connectivity index (χ0v) is 6.77. The minimum atomic E-state index is -0.468. The number of aliphatic hydroxyl groups excluding tert-OH is 1. The van der Waals surface area contributed by atoms with Crippen molar-refractivity contribution in [3.8, 4) is 0 Å². The summed E-state index contributed by atoms with van der Waals surface area (Å²) in [5.41, 5.74) is -0.464. The number of carbonyl (C=O) groups is 2. The molecule has 4 nitrogen and oxygen atoms in total. The second-order valence-corrected chi connectivity index (χ2v) is 3.90. The number of carbonyl (C=O) groups excluding carboxylic acids is 2. The highest BCUT2D eigenvalue weighted by Gasteiger charge is 2.72. The van der Waals surface area contributed by atoms with Crippen molar-refractivity contribution in [3.05, 3.63) is 12.2 Å². The zero-order valence-electron chi connectivity index (χ0n) is 6.77. The Bertz CT molecular complexity index is 346. The van der Waals surface area contributed by atoms with Gasteiger partial charge in [-0.15, -0.1) is 0 Å². The Morgan fingerprint density at radius 1 is 1.46 bits per heavy atom. The van der Waals surface area contributed by atoms with Gasteiger partial charge in [-0.05, 0) is 0 Å². The summed E-state index contributed by atoms with van der Waals surface area (Å²) in [6.07, 6.45) is 3.69. The van der Waals surface area contributed by atoms with Gasteiger partial charge in [0.05, 0.1) is 18.4 Å². The van der Waals surface area contributed by atoms with Gasteiger partial charge in [-0.2, -0.15) is 0 Å². The maximum Gasteiger partial charge on any atom is 0.318 e. The van der Waals surface area contributed by atoms with Crippen molar-refractivity contribution in [2.75, 3.05) is 6.61 Å². The molecule has 0 aromatic rings. The molecule has 1 N–H and O–H groups in total. The molecule has 4 unspecified atom stereocenters. The van der Waals surface area contributed by atoms with Crippen LogP contribution < -0.4 is 0 Å². The van der Waals surface area contributed by atoms with E-state index in [0.29, 0.717) is 0 Å². The average molecular weight is 180 g/mol. The van der Waals surface area contributed by atoms with E-state index in [1.54, 1.807) is 0 Å². The standard InChI is InChI=1S/C9H8O4/c10-3-9-2-1-4(9)5-6(9)8(12)13-7(5)11/h1-2,4-6,10H,3H2. The number of allylic oxidation sites excluding steroid dienone is 1. The summed E-state index contributed by atoms with van der Waals surface area (Å²) in [7, 11) is 0. The Labute approximate surface area is 74.2 Å². The molecular weight excluding hydrogens is 172 g/mol. The van der Waals surface area contributed by atoms with E-state index in [0.717, 1.165) is 0 Å². The van der Waals surface area contributed by atoms with Crippen LogP contribution in [0.15, 0.2) is 12.2 Å². The molecule has 1 aliphatic heterocycles. The molecule has 2 aliphatic carbocycles. The van der Waals surface area contributed by atoms with E-state index in [1.165, 1.54) is 0 Å². The molecule has 68 valence electrons. The lowest BCUT2D eigenvalue weighted by molar-refractivity contribution is -0.154. The maximum atomic E-state index is 11.2. The Kier molecular flexibility index (Phi) is 1.03. The molecule has 4 atom stereocenters. The van der Waals surface area contributed by atoms with Gasteiger partial charge < -0.3 is 9.84 Å². The lowest BCUT2D eigenvalue weighted by Gasteiger charge is -2.57. The second-order valence-electron chi connectivity index (χ2n) is 3.90. The smallest absolute Gasteiger partial charge is 0.318 e. The van der Waals surface area contributed by atoms with Crippen molar-refractivity contribution in [1.82, 2.24) is 0 Å². The monoisotopic (exact) mass is 180 g/mol. The number of rotatable bonds is 1. The van der Waals surface area contributed by atoms with E-state index >= 15 is 0 Å². The Hall–Kier alpha value is -1.16. The van der Waals surface area contributed by atoms with E-state index in [2.05, 4.69) is 4.74 Å². The van der Waals surface area contributed by atoms with E-state index in [4.69, 9.17) is 5.11 Å². The van der Waals surface area contributed by atoms with Crippen molar-refractivity contribution >= 4 is 11.9 Å². The zero-order chi connectivity index (χ0) is 9.22. The largest absolute Gasteiger partial charge is 0.395 e. The molecule has 0 amide bonds. The van der Waals surface area contributed by atoms with Crippen molar-refractivity contribution in [3.63, 3.8) is 0 Å². The first kappa shape index (κ1) is 7.26. The summed E-state index contributed by atoms with van der Waals surface area (Å²) in [5, 5.41) is 9.15. The lowest BCUT2D eigenvalue weighted by Crippen LogP contribution is -2.62. The molecule has 2 fully saturated rings. The predicted octanol–water partition coefficient (Wildman–Crippen LogP) is -0.520. The molecule has 0 aromatic heterocycles. The van der Waals surface area contributed by atoms with Crippen LogP contribution in [0.25, 0.3) is 0 Å². The molecule has 3 aliphatic rings. The topological polar surface area (TPSA) is 63.6 Å². The van der Waals surface area contributed by atoms with Crippen LogP contribution >= 0.6 is 0 Å². The fourth-order valence-electron chi connectivity index (χ4n) is 2.78. The molecule has 13 heavy (non-hydrogen) atoms. The van der Waals surface area contributed by atoms with E-state index in [1.807, 2.05) is 12.2 Å². The molecule has 0 spiro atoms. The summed E-state index contributed by atoms with van der Waals surface area (Å²) in [5.74, 6) is -1.59. The number of cyclic esters (lactones) is 2. The Morgan fingerprint density at radius 2 is 2.23 bits per heavy atom. The number of fused-ring (bicyclic) bond motifs is 4. The minimum absolute atomic E-state index is 0.0291. The van der Waals surface area contributed by atoms with Gasteiger partial charge in [0.2, 0.25) is 0 Å². The number of hydrogen-bond acceptors (Lipinski definition) is 4. The minimum Gasteiger partial charge on any atom is -0.395 e. The normalized spacial score (nSPS) is 50.4. The van der Waals surface area contributed by atoms with Gasteiger partial charge in [-0.1, -0.05) is 12.2 Å². The number of hydrogen-bond donors (Lipinski definition) is 1. The van der Waals surface area contributed by atoms with Crippen LogP contribution in [0.3, 0.4) is 0 Å². The van der Waals surface area contributed by atoms with Gasteiger partial charge in [0.25, 0.3) is 0 Å². The molecule has 4 heteroatoms. The Balaban J connectivity index is 2.03. The molecule has 3 rings (SSSR count). The van der Waals surface area contributed by atoms with Crippen molar-refractivity contribution in [2.45, 2.75) is 0 Å². The molecule has 1 saturated heterocycles. The first-order valence-corrected chi connectivity index (χ1v) is 4.26.